The Morgan fingerprint density at radius 2 is 1.61 bits per heavy atom. The zero-order valence-corrected chi connectivity index (χ0v) is 18.7. The van der Waals surface area contributed by atoms with E-state index in [2.05, 4.69) is 10.6 Å². The number of methoxy groups -OCH3 is 1. The Morgan fingerprint density at radius 3 is 2.19 bits per heavy atom. The molecule has 0 heterocycles. The molecule has 2 N–H and O–H groups in total. The van der Waals surface area contributed by atoms with Crippen LogP contribution in [-0.2, 0) is 19.5 Å². The third kappa shape index (κ3) is 6.78. The van der Waals surface area contributed by atoms with E-state index in [1.54, 1.807) is 38.1 Å². The SMILES string of the molecule is COCCOC(=O)Nc1cccc(NC(=O)c2ccc(S(=O)(=O)N(C)C(C)C)cc2)c1. The molecule has 0 bridgehead atoms. The number of sulfonamides is 1. The van der Waals surface area contributed by atoms with Crippen molar-refractivity contribution in [1.82, 2.24) is 4.31 Å². The van der Waals surface area contributed by atoms with Gasteiger partial charge in [-0.15, -0.1) is 0 Å². The molecule has 0 radical (unpaired) electrons. The van der Waals surface area contributed by atoms with Crippen molar-refractivity contribution >= 4 is 33.4 Å². The van der Waals surface area contributed by atoms with Crippen molar-refractivity contribution in [2.45, 2.75) is 24.8 Å². The maximum atomic E-state index is 12.5. The van der Waals surface area contributed by atoms with E-state index in [9.17, 15) is 18.0 Å². The molecule has 9 nitrogen and oxygen atoms in total. The van der Waals surface area contributed by atoms with E-state index < -0.39 is 22.0 Å². The predicted octanol–water partition coefficient (Wildman–Crippen LogP) is 3.16. The van der Waals surface area contributed by atoms with Crippen LogP contribution in [0.3, 0.4) is 0 Å². The lowest BCUT2D eigenvalue weighted by molar-refractivity contribution is 0.102. The molecule has 0 fully saturated rings. The molecule has 31 heavy (non-hydrogen) atoms. The maximum Gasteiger partial charge on any atom is 0.411 e. The van der Waals surface area contributed by atoms with E-state index in [0.29, 0.717) is 16.9 Å². The van der Waals surface area contributed by atoms with Crippen LogP contribution in [0.1, 0.15) is 24.2 Å². The van der Waals surface area contributed by atoms with E-state index in [1.165, 1.54) is 42.7 Å². The molecule has 0 atom stereocenters. The number of benzene rings is 2. The van der Waals surface area contributed by atoms with Gasteiger partial charge in [0.05, 0.1) is 11.5 Å². The van der Waals surface area contributed by atoms with Crippen molar-refractivity contribution in [1.29, 1.82) is 0 Å². The number of carbonyl (C=O) groups excluding carboxylic acids is 2. The monoisotopic (exact) mass is 449 g/mol. The van der Waals surface area contributed by atoms with Crippen LogP contribution in [-0.4, -0.2) is 58.1 Å². The largest absolute Gasteiger partial charge is 0.447 e. The number of hydrogen-bond acceptors (Lipinski definition) is 6. The summed E-state index contributed by atoms with van der Waals surface area (Å²) in [5.41, 5.74) is 1.19. The number of nitrogens with zero attached hydrogens (tertiary/aromatic N) is 1. The highest BCUT2D eigenvalue weighted by Gasteiger charge is 2.23. The van der Waals surface area contributed by atoms with Crippen LogP contribution in [0.15, 0.2) is 53.4 Å². The van der Waals surface area contributed by atoms with Crippen molar-refractivity contribution in [3.05, 3.63) is 54.1 Å². The summed E-state index contributed by atoms with van der Waals surface area (Å²) in [5, 5.41) is 5.27. The van der Waals surface area contributed by atoms with Gasteiger partial charge in [-0.1, -0.05) is 6.07 Å². The summed E-state index contributed by atoms with van der Waals surface area (Å²) in [7, 11) is -0.611. The summed E-state index contributed by atoms with van der Waals surface area (Å²) in [6, 6.07) is 12.1. The maximum absolute atomic E-state index is 12.5. The van der Waals surface area contributed by atoms with E-state index in [0.717, 1.165) is 0 Å². The van der Waals surface area contributed by atoms with Gasteiger partial charge in [-0.3, -0.25) is 10.1 Å². The molecule has 0 aliphatic carbocycles. The Hall–Kier alpha value is -2.95. The summed E-state index contributed by atoms with van der Waals surface area (Å²) in [6.07, 6.45) is -0.635. The van der Waals surface area contributed by atoms with Crippen molar-refractivity contribution in [3.8, 4) is 0 Å². The highest BCUT2D eigenvalue weighted by atomic mass is 32.2. The Kier molecular flexibility index (Phi) is 8.55. The first-order valence-corrected chi connectivity index (χ1v) is 11.0. The Balaban J connectivity index is 2.04. The van der Waals surface area contributed by atoms with Gasteiger partial charge in [0.25, 0.3) is 5.91 Å². The van der Waals surface area contributed by atoms with Gasteiger partial charge in [-0.05, 0) is 56.3 Å². The van der Waals surface area contributed by atoms with Gasteiger partial charge in [0, 0.05) is 37.1 Å². The number of amides is 2. The molecule has 0 aromatic heterocycles. The third-order valence-corrected chi connectivity index (χ3v) is 6.46. The van der Waals surface area contributed by atoms with E-state index in [1.807, 2.05) is 0 Å². The zero-order chi connectivity index (χ0) is 23.0. The second-order valence-corrected chi connectivity index (χ2v) is 8.93. The summed E-state index contributed by atoms with van der Waals surface area (Å²) < 4.78 is 36.1. The zero-order valence-electron chi connectivity index (χ0n) is 17.9. The quantitative estimate of drug-likeness (QED) is 0.569. The summed E-state index contributed by atoms with van der Waals surface area (Å²) in [6.45, 7) is 3.97. The van der Waals surface area contributed by atoms with Crippen molar-refractivity contribution < 1.29 is 27.5 Å². The first-order chi connectivity index (χ1) is 14.6. The lowest BCUT2D eigenvalue weighted by Crippen LogP contribution is -2.33. The molecule has 2 aromatic carbocycles. The average molecular weight is 450 g/mol. The minimum absolute atomic E-state index is 0.110. The molecule has 0 aliphatic heterocycles. The molecule has 10 heteroatoms. The number of carbonyl (C=O) groups is 2. The van der Waals surface area contributed by atoms with E-state index >= 15 is 0 Å². The third-order valence-electron chi connectivity index (χ3n) is 4.41. The molecule has 0 saturated heterocycles. The number of rotatable bonds is 9. The number of nitrogens with one attached hydrogen (secondary N) is 2. The minimum Gasteiger partial charge on any atom is -0.447 e. The van der Waals surface area contributed by atoms with Crippen LogP contribution in [0, 0.1) is 0 Å². The fourth-order valence-electron chi connectivity index (χ4n) is 2.47. The molecule has 0 spiro atoms. The molecule has 2 amide bonds. The predicted molar refractivity (Wildman–Crippen MR) is 118 cm³/mol. The molecule has 0 saturated carbocycles. The van der Waals surface area contributed by atoms with Gasteiger partial charge in [-0.25, -0.2) is 13.2 Å². The minimum atomic E-state index is -3.62. The highest BCUT2D eigenvalue weighted by Crippen LogP contribution is 2.19. The fraction of sp³-hybridized carbons (Fsp3) is 0.333. The summed E-state index contributed by atoms with van der Waals surface area (Å²) in [5.74, 6) is -0.416. The van der Waals surface area contributed by atoms with Gasteiger partial charge in [-0.2, -0.15) is 4.31 Å². The standard InChI is InChI=1S/C21H27N3O6S/c1-15(2)24(3)31(27,28)19-10-8-16(9-11-19)20(25)22-17-6-5-7-18(14-17)23-21(26)30-13-12-29-4/h5-11,14-15H,12-13H2,1-4H3,(H,22,25)(H,23,26). The molecule has 0 aliphatic rings. The summed E-state index contributed by atoms with van der Waals surface area (Å²) in [4.78, 5) is 24.4. The lowest BCUT2D eigenvalue weighted by Gasteiger charge is -2.21. The van der Waals surface area contributed by atoms with Gasteiger partial charge < -0.3 is 14.8 Å². The highest BCUT2D eigenvalue weighted by molar-refractivity contribution is 7.89. The van der Waals surface area contributed by atoms with Gasteiger partial charge in [0.1, 0.15) is 6.61 Å². The number of anilines is 2. The van der Waals surface area contributed by atoms with Crippen molar-refractivity contribution in [2.24, 2.45) is 0 Å². The topological polar surface area (TPSA) is 114 Å². The first kappa shape index (κ1) is 24.3. The van der Waals surface area contributed by atoms with Gasteiger partial charge in [0.2, 0.25) is 10.0 Å². The molecular weight excluding hydrogens is 422 g/mol. The second-order valence-electron chi connectivity index (χ2n) is 6.93. The molecule has 2 rings (SSSR count). The van der Waals surface area contributed by atoms with Crippen LogP contribution in [0.4, 0.5) is 16.2 Å². The summed E-state index contributed by atoms with van der Waals surface area (Å²) >= 11 is 0. The Morgan fingerprint density at radius 1 is 1.00 bits per heavy atom. The first-order valence-electron chi connectivity index (χ1n) is 9.57. The number of hydrogen-bond donors (Lipinski definition) is 2. The lowest BCUT2D eigenvalue weighted by atomic mass is 10.2. The normalized spacial score (nSPS) is 11.4. The molecule has 0 unspecified atom stereocenters. The van der Waals surface area contributed by atoms with Gasteiger partial charge >= 0.3 is 6.09 Å². The molecule has 2 aromatic rings. The smallest absolute Gasteiger partial charge is 0.411 e. The Bertz CT molecular complexity index is 1010. The van der Waals surface area contributed by atoms with Crippen LogP contribution in [0.25, 0.3) is 0 Å². The average Bonchev–Trinajstić information content (AvgIpc) is 2.73. The molecule has 168 valence electrons. The van der Waals surface area contributed by atoms with Crippen molar-refractivity contribution in [2.75, 3.05) is 38.0 Å². The van der Waals surface area contributed by atoms with Crippen LogP contribution >= 0.6 is 0 Å². The second kappa shape index (κ2) is 10.9. The van der Waals surface area contributed by atoms with Crippen molar-refractivity contribution in [3.63, 3.8) is 0 Å². The van der Waals surface area contributed by atoms with E-state index in [4.69, 9.17) is 9.47 Å². The van der Waals surface area contributed by atoms with E-state index in [-0.39, 0.29) is 24.2 Å². The van der Waals surface area contributed by atoms with Crippen LogP contribution in [0.5, 0.6) is 0 Å². The number of ether oxygens (including phenoxy) is 2. The fourth-order valence-corrected chi connectivity index (χ4v) is 3.84. The van der Waals surface area contributed by atoms with Crippen LogP contribution in [0.2, 0.25) is 0 Å². The van der Waals surface area contributed by atoms with Crippen LogP contribution < -0.4 is 10.6 Å². The Labute approximate surface area is 182 Å². The molecular formula is C21H27N3O6S. The van der Waals surface area contributed by atoms with Gasteiger partial charge in [0.15, 0.2) is 0 Å².